The topological polar surface area (TPSA) is 105 Å². The van der Waals surface area contributed by atoms with Gasteiger partial charge in [0, 0.05) is 31.7 Å². The Morgan fingerprint density at radius 1 is 1.14 bits per heavy atom. The van der Waals surface area contributed by atoms with Crippen LogP contribution in [0.4, 0.5) is 4.39 Å². The molecular formula is C29H36FN5O2. The predicted molar refractivity (Wildman–Crippen MR) is 137 cm³/mol. The van der Waals surface area contributed by atoms with E-state index in [4.69, 9.17) is 5.73 Å². The fourth-order valence-corrected chi connectivity index (χ4v) is 6.29. The molecule has 0 spiro atoms. The van der Waals surface area contributed by atoms with Gasteiger partial charge < -0.3 is 5.73 Å². The number of rotatable bonds is 9. The highest BCUT2D eigenvalue weighted by atomic mass is 19.1. The smallest absolute Gasteiger partial charge is 0.252 e. The van der Waals surface area contributed by atoms with Crippen LogP contribution in [0.1, 0.15) is 78.9 Å². The first-order valence-corrected chi connectivity index (χ1v) is 13.6. The second kappa shape index (κ2) is 10.7. The van der Waals surface area contributed by atoms with Crippen LogP contribution in [0.15, 0.2) is 36.5 Å². The van der Waals surface area contributed by atoms with E-state index in [9.17, 15) is 14.9 Å². The van der Waals surface area contributed by atoms with Gasteiger partial charge in [0.05, 0.1) is 30.2 Å². The molecular weight excluding hydrogens is 469 g/mol. The number of aromatic nitrogens is 2. The van der Waals surface area contributed by atoms with Gasteiger partial charge in [-0.05, 0) is 62.3 Å². The molecule has 2 atom stereocenters. The number of piperidine rings is 1. The Morgan fingerprint density at radius 2 is 1.86 bits per heavy atom. The standard InChI is InChI=1S/C29H36FN5O2/c30-27-19-34(17-20-6-8-22(9-7-20)21-4-2-1-3-5-21)15-13-29(27,12-14-31)35-18-24(28(32)37)25(33-35)16-26(36)23-10-11-23/h1-5,18,20,22-23,27H,6-13,15-17,19H2,(H2,32,37). The highest BCUT2D eigenvalue weighted by Crippen LogP contribution is 2.39. The van der Waals surface area contributed by atoms with Crippen LogP contribution in [0.25, 0.3) is 0 Å². The number of Topliss-reactive ketones (excluding diaryl/α,β-unsaturated/α-hetero) is 1. The largest absolute Gasteiger partial charge is 0.365 e. The third-order valence-electron chi connectivity index (χ3n) is 8.77. The Labute approximate surface area is 217 Å². The number of primary amides is 1. The molecule has 1 aliphatic heterocycles. The first-order chi connectivity index (χ1) is 17.9. The van der Waals surface area contributed by atoms with Crippen LogP contribution in [-0.4, -0.2) is 52.2 Å². The second-order valence-electron chi connectivity index (χ2n) is 11.3. The van der Waals surface area contributed by atoms with Gasteiger partial charge in [-0.3, -0.25) is 19.2 Å². The SMILES string of the molecule is N#CCC1(n2cc(C(N)=O)c(CC(=O)C3CC3)n2)CCN(CC2CCC(c3ccccc3)CC2)CC1F. The molecule has 2 heterocycles. The van der Waals surface area contributed by atoms with Gasteiger partial charge in [0.15, 0.2) is 0 Å². The van der Waals surface area contributed by atoms with Gasteiger partial charge in [-0.2, -0.15) is 10.4 Å². The minimum Gasteiger partial charge on any atom is -0.365 e. The van der Waals surface area contributed by atoms with Crippen LogP contribution in [-0.2, 0) is 16.8 Å². The molecule has 1 saturated heterocycles. The Morgan fingerprint density at radius 3 is 2.49 bits per heavy atom. The number of ketones is 1. The lowest BCUT2D eigenvalue weighted by Gasteiger charge is -2.44. The van der Waals surface area contributed by atoms with Crippen LogP contribution in [0.5, 0.6) is 0 Å². The number of nitriles is 1. The average Bonchev–Trinajstić information content (AvgIpc) is 3.67. The summed E-state index contributed by atoms with van der Waals surface area (Å²) in [4.78, 5) is 26.7. The molecule has 0 bridgehead atoms. The van der Waals surface area contributed by atoms with Crippen LogP contribution >= 0.6 is 0 Å². The van der Waals surface area contributed by atoms with Crippen molar-refractivity contribution in [2.24, 2.45) is 17.6 Å². The third-order valence-corrected chi connectivity index (χ3v) is 8.77. The Bertz CT molecular complexity index is 1160. The molecule has 5 rings (SSSR count). The molecule has 7 nitrogen and oxygen atoms in total. The number of carbonyl (C=O) groups is 2. The fraction of sp³-hybridized carbons (Fsp3) is 0.586. The summed E-state index contributed by atoms with van der Waals surface area (Å²) in [6.45, 7) is 1.74. The van der Waals surface area contributed by atoms with Crippen molar-refractivity contribution in [3.05, 3.63) is 53.3 Å². The lowest BCUT2D eigenvalue weighted by Crippen LogP contribution is -2.55. The van der Waals surface area contributed by atoms with Crippen molar-refractivity contribution in [1.82, 2.24) is 14.7 Å². The van der Waals surface area contributed by atoms with Crippen molar-refractivity contribution >= 4 is 11.7 Å². The number of benzene rings is 1. The first-order valence-electron chi connectivity index (χ1n) is 13.6. The summed E-state index contributed by atoms with van der Waals surface area (Å²) in [5, 5.41) is 14.1. The molecule has 1 amide bonds. The van der Waals surface area contributed by atoms with E-state index in [1.54, 1.807) is 0 Å². The van der Waals surface area contributed by atoms with Gasteiger partial charge in [0.2, 0.25) is 0 Å². The molecule has 196 valence electrons. The molecule has 2 N–H and O–H groups in total. The van der Waals surface area contributed by atoms with Crippen LogP contribution in [0, 0.1) is 23.2 Å². The van der Waals surface area contributed by atoms with E-state index in [-0.39, 0.29) is 36.7 Å². The number of amides is 1. The Hall–Kier alpha value is -3.05. The normalized spacial score (nSPS) is 28.5. The highest BCUT2D eigenvalue weighted by molar-refractivity contribution is 5.95. The maximum Gasteiger partial charge on any atom is 0.252 e. The van der Waals surface area contributed by atoms with E-state index in [1.807, 2.05) is 0 Å². The lowest BCUT2D eigenvalue weighted by molar-refractivity contribution is -0.119. The molecule has 2 aromatic rings. The molecule has 3 fully saturated rings. The molecule has 0 radical (unpaired) electrons. The number of likely N-dealkylation sites (tertiary alicyclic amines) is 1. The maximum atomic E-state index is 16.0. The second-order valence-corrected chi connectivity index (χ2v) is 11.3. The number of nitrogens with two attached hydrogens (primary N) is 1. The number of hydrogen-bond acceptors (Lipinski definition) is 5. The van der Waals surface area contributed by atoms with E-state index in [0.29, 0.717) is 30.5 Å². The van der Waals surface area contributed by atoms with E-state index in [2.05, 4.69) is 46.4 Å². The van der Waals surface area contributed by atoms with Crippen molar-refractivity contribution in [2.45, 2.75) is 75.4 Å². The zero-order valence-corrected chi connectivity index (χ0v) is 21.3. The minimum atomic E-state index is -1.32. The van der Waals surface area contributed by atoms with Crippen molar-refractivity contribution < 1.29 is 14.0 Å². The number of nitrogens with zero attached hydrogens (tertiary/aromatic N) is 4. The maximum absolute atomic E-state index is 16.0. The third kappa shape index (κ3) is 5.47. The quantitative estimate of drug-likeness (QED) is 0.552. The van der Waals surface area contributed by atoms with Crippen LogP contribution < -0.4 is 5.73 Å². The average molecular weight is 506 g/mol. The van der Waals surface area contributed by atoms with Gasteiger partial charge in [-0.1, -0.05) is 30.3 Å². The van der Waals surface area contributed by atoms with Crippen molar-refractivity contribution in [3.8, 4) is 6.07 Å². The highest BCUT2D eigenvalue weighted by Gasteiger charge is 2.47. The van der Waals surface area contributed by atoms with Gasteiger partial charge in [-0.15, -0.1) is 0 Å². The van der Waals surface area contributed by atoms with Crippen molar-refractivity contribution in [3.63, 3.8) is 0 Å². The molecule has 3 aliphatic rings. The fourth-order valence-electron chi connectivity index (χ4n) is 6.29. The summed E-state index contributed by atoms with van der Waals surface area (Å²) in [6.07, 6.45) is 6.82. The number of alkyl halides is 1. The molecule has 2 unspecified atom stereocenters. The molecule has 2 aliphatic carbocycles. The molecule has 1 aromatic carbocycles. The minimum absolute atomic E-state index is 0.0211. The van der Waals surface area contributed by atoms with Gasteiger partial charge in [0.1, 0.15) is 17.5 Å². The molecule has 2 saturated carbocycles. The van der Waals surface area contributed by atoms with E-state index in [1.165, 1.54) is 16.4 Å². The van der Waals surface area contributed by atoms with E-state index >= 15 is 4.39 Å². The zero-order valence-electron chi connectivity index (χ0n) is 21.3. The van der Waals surface area contributed by atoms with E-state index in [0.717, 1.165) is 45.1 Å². The predicted octanol–water partition coefficient (Wildman–Crippen LogP) is 4.13. The monoisotopic (exact) mass is 505 g/mol. The molecule has 8 heteroatoms. The van der Waals surface area contributed by atoms with E-state index < -0.39 is 17.6 Å². The van der Waals surface area contributed by atoms with Gasteiger partial charge in [0.25, 0.3) is 5.91 Å². The summed E-state index contributed by atoms with van der Waals surface area (Å²) in [7, 11) is 0. The van der Waals surface area contributed by atoms with Crippen molar-refractivity contribution in [1.29, 1.82) is 5.26 Å². The van der Waals surface area contributed by atoms with Crippen LogP contribution in [0.3, 0.4) is 0 Å². The number of halogens is 1. The Balaban J connectivity index is 1.25. The lowest BCUT2D eigenvalue weighted by atomic mass is 9.78. The Kier molecular flexibility index (Phi) is 7.43. The molecule has 1 aromatic heterocycles. The number of carbonyl (C=O) groups excluding carboxylic acids is 2. The summed E-state index contributed by atoms with van der Waals surface area (Å²) < 4.78 is 17.4. The van der Waals surface area contributed by atoms with Crippen molar-refractivity contribution in [2.75, 3.05) is 19.6 Å². The first kappa shape index (κ1) is 25.6. The zero-order chi connectivity index (χ0) is 26.0. The molecule has 37 heavy (non-hydrogen) atoms. The van der Waals surface area contributed by atoms with Crippen LogP contribution in [0.2, 0.25) is 0 Å². The number of hydrogen-bond donors (Lipinski definition) is 1. The summed E-state index contributed by atoms with van der Waals surface area (Å²) >= 11 is 0. The summed E-state index contributed by atoms with van der Waals surface area (Å²) in [6, 6.07) is 12.8. The van der Waals surface area contributed by atoms with Gasteiger partial charge in [-0.25, -0.2) is 4.39 Å². The summed E-state index contributed by atoms with van der Waals surface area (Å²) in [5.74, 6) is 0.531. The summed E-state index contributed by atoms with van der Waals surface area (Å²) in [5.41, 5.74) is 6.27. The van der Waals surface area contributed by atoms with Gasteiger partial charge >= 0.3 is 0 Å².